The van der Waals surface area contributed by atoms with Gasteiger partial charge in [-0.15, -0.1) is 0 Å². The van der Waals surface area contributed by atoms with E-state index >= 15 is 0 Å². The average molecular weight is 485 g/mol. The zero-order valence-electron chi connectivity index (χ0n) is 20.5. The Hall–Kier alpha value is -4.44. The van der Waals surface area contributed by atoms with Crippen molar-refractivity contribution in [3.8, 4) is 29.1 Å². The molecule has 7 nitrogen and oxygen atoms in total. The summed E-state index contributed by atoms with van der Waals surface area (Å²) in [6, 6.07) is 20.5. The SMILES string of the molecule is COc1ccc(C=C(C#N)C(=O)Nc2ccc3c(c2)OCCO3)cc1COc1ccc(C(C)C)cc1. The first-order valence-corrected chi connectivity index (χ1v) is 11.7. The van der Waals surface area contributed by atoms with Crippen LogP contribution in [0.1, 0.15) is 36.5 Å². The fourth-order valence-corrected chi connectivity index (χ4v) is 3.75. The summed E-state index contributed by atoms with van der Waals surface area (Å²) in [7, 11) is 1.59. The second-order valence-electron chi connectivity index (χ2n) is 8.57. The van der Waals surface area contributed by atoms with Gasteiger partial charge in [-0.05, 0) is 59.5 Å². The highest BCUT2D eigenvalue weighted by atomic mass is 16.6. The Morgan fingerprint density at radius 2 is 1.81 bits per heavy atom. The molecule has 3 aromatic rings. The quantitative estimate of drug-likeness (QED) is 0.325. The molecule has 0 aromatic heterocycles. The standard InChI is InChI=1S/C29H28N2O5/c1-19(2)21-5-8-25(9-6-21)36-18-23-15-20(4-10-26(23)33-3)14-22(17-30)29(32)31-24-7-11-27-28(16-24)35-13-12-34-27/h4-11,14-16,19H,12-13,18H2,1-3H3,(H,31,32). The maximum atomic E-state index is 12.8. The molecule has 0 fully saturated rings. The molecule has 7 heteroatoms. The number of nitrogens with one attached hydrogen (secondary N) is 1. The van der Waals surface area contributed by atoms with Crippen molar-refractivity contribution in [1.82, 2.24) is 0 Å². The van der Waals surface area contributed by atoms with Crippen LogP contribution in [0.5, 0.6) is 23.0 Å². The third kappa shape index (κ3) is 5.97. The molecular weight excluding hydrogens is 456 g/mol. The number of ether oxygens (including phenoxy) is 4. The molecule has 0 aliphatic carbocycles. The van der Waals surface area contributed by atoms with Crippen molar-refractivity contribution in [3.05, 3.63) is 82.9 Å². The lowest BCUT2D eigenvalue weighted by molar-refractivity contribution is -0.112. The number of hydrogen-bond donors (Lipinski definition) is 1. The zero-order valence-corrected chi connectivity index (χ0v) is 20.5. The Bertz CT molecular complexity index is 1310. The number of anilines is 1. The fraction of sp³-hybridized carbons (Fsp3) is 0.241. The van der Waals surface area contributed by atoms with Crippen LogP contribution in [0.4, 0.5) is 5.69 Å². The molecule has 184 valence electrons. The predicted octanol–water partition coefficient (Wildman–Crippen LogP) is 5.71. The number of carbonyl (C=O) groups excluding carboxylic acids is 1. The van der Waals surface area contributed by atoms with Gasteiger partial charge in [0.25, 0.3) is 5.91 Å². The van der Waals surface area contributed by atoms with Crippen molar-refractivity contribution in [3.63, 3.8) is 0 Å². The molecule has 4 rings (SSSR count). The van der Waals surface area contributed by atoms with Crippen molar-refractivity contribution < 1.29 is 23.7 Å². The molecule has 0 atom stereocenters. The molecule has 1 heterocycles. The summed E-state index contributed by atoms with van der Waals surface area (Å²) >= 11 is 0. The lowest BCUT2D eigenvalue weighted by Crippen LogP contribution is -2.17. The van der Waals surface area contributed by atoms with Gasteiger partial charge in [-0.2, -0.15) is 5.26 Å². The minimum atomic E-state index is -0.520. The van der Waals surface area contributed by atoms with E-state index in [-0.39, 0.29) is 12.2 Å². The number of hydrogen-bond acceptors (Lipinski definition) is 6. The van der Waals surface area contributed by atoms with E-state index in [0.717, 1.165) is 11.3 Å². The molecule has 1 aliphatic heterocycles. The van der Waals surface area contributed by atoms with E-state index in [1.807, 2.05) is 24.3 Å². The van der Waals surface area contributed by atoms with E-state index in [2.05, 4.69) is 31.3 Å². The van der Waals surface area contributed by atoms with E-state index in [0.29, 0.717) is 47.6 Å². The van der Waals surface area contributed by atoms with Gasteiger partial charge < -0.3 is 24.3 Å². The van der Waals surface area contributed by atoms with Crippen molar-refractivity contribution in [1.29, 1.82) is 5.26 Å². The summed E-state index contributed by atoms with van der Waals surface area (Å²) in [6.45, 7) is 5.49. The highest BCUT2D eigenvalue weighted by molar-refractivity contribution is 6.09. The Morgan fingerprint density at radius 1 is 1.06 bits per heavy atom. The Balaban J connectivity index is 1.48. The topological polar surface area (TPSA) is 89.8 Å². The van der Waals surface area contributed by atoms with Crippen LogP contribution < -0.4 is 24.3 Å². The smallest absolute Gasteiger partial charge is 0.266 e. The van der Waals surface area contributed by atoms with Crippen molar-refractivity contribution in [2.75, 3.05) is 25.6 Å². The van der Waals surface area contributed by atoms with E-state index < -0.39 is 5.91 Å². The second-order valence-corrected chi connectivity index (χ2v) is 8.57. The first kappa shape index (κ1) is 24.7. The molecule has 1 N–H and O–H groups in total. The summed E-state index contributed by atoms with van der Waals surface area (Å²) in [4.78, 5) is 12.8. The molecule has 0 spiro atoms. The van der Waals surface area contributed by atoms with E-state index in [1.165, 1.54) is 11.6 Å². The minimum absolute atomic E-state index is 0.0359. The maximum Gasteiger partial charge on any atom is 0.266 e. The molecular formula is C29H28N2O5. The summed E-state index contributed by atoms with van der Waals surface area (Å²) in [5.41, 5.74) is 3.19. The molecule has 36 heavy (non-hydrogen) atoms. The Morgan fingerprint density at radius 3 is 2.50 bits per heavy atom. The van der Waals surface area contributed by atoms with Crippen LogP contribution in [0.15, 0.2) is 66.2 Å². The Labute approximate surface area is 210 Å². The lowest BCUT2D eigenvalue weighted by atomic mass is 10.0. The molecule has 0 bridgehead atoms. The zero-order chi connectivity index (χ0) is 25.5. The largest absolute Gasteiger partial charge is 0.496 e. The van der Waals surface area contributed by atoms with Gasteiger partial charge in [0.15, 0.2) is 11.5 Å². The molecule has 3 aromatic carbocycles. The molecule has 0 saturated carbocycles. The van der Waals surface area contributed by atoms with Crippen molar-refractivity contribution in [2.45, 2.75) is 26.4 Å². The number of fused-ring (bicyclic) bond motifs is 1. The highest BCUT2D eigenvalue weighted by Gasteiger charge is 2.15. The van der Waals surface area contributed by atoms with Gasteiger partial charge >= 0.3 is 0 Å². The number of benzene rings is 3. The van der Waals surface area contributed by atoms with E-state index in [1.54, 1.807) is 37.4 Å². The van der Waals surface area contributed by atoms with Crippen LogP contribution in [-0.4, -0.2) is 26.2 Å². The maximum absolute atomic E-state index is 12.8. The van der Waals surface area contributed by atoms with E-state index in [4.69, 9.17) is 18.9 Å². The first-order valence-electron chi connectivity index (χ1n) is 11.7. The molecule has 0 unspecified atom stereocenters. The molecule has 0 saturated heterocycles. The third-order valence-electron chi connectivity index (χ3n) is 5.72. The van der Waals surface area contributed by atoms with Gasteiger partial charge in [0.2, 0.25) is 0 Å². The predicted molar refractivity (Wildman–Crippen MR) is 138 cm³/mol. The normalized spacial score (nSPS) is 12.6. The number of nitriles is 1. The van der Waals surface area contributed by atoms with E-state index in [9.17, 15) is 10.1 Å². The number of carbonyl (C=O) groups is 1. The molecule has 0 radical (unpaired) electrons. The van der Waals surface area contributed by atoms with Gasteiger partial charge in [0, 0.05) is 17.3 Å². The van der Waals surface area contributed by atoms with Gasteiger partial charge in [-0.3, -0.25) is 4.79 Å². The number of rotatable bonds is 8. The molecule has 1 aliphatic rings. The van der Waals surface area contributed by atoms with Crippen LogP contribution in [0.3, 0.4) is 0 Å². The molecule has 1 amide bonds. The van der Waals surface area contributed by atoms with Crippen LogP contribution in [0.2, 0.25) is 0 Å². The average Bonchev–Trinajstić information content (AvgIpc) is 2.90. The first-order chi connectivity index (χ1) is 17.5. The summed E-state index contributed by atoms with van der Waals surface area (Å²) in [5.74, 6) is 2.51. The second kappa shape index (κ2) is 11.3. The van der Waals surface area contributed by atoms with Gasteiger partial charge in [0.05, 0.1) is 7.11 Å². The van der Waals surface area contributed by atoms with Crippen LogP contribution in [0.25, 0.3) is 6.08 Å². The lowest BCUT2D eigenvalue weighted by Gasteiger charge is -2.18. The summed E-state index contributed by atoms with van der Waals surface area (Å²) in [6.07, 6.45) is 1.54. The Kier molecular flexibility index (Phi) is 7.76. The van der Waals surface area contributed by atoms with Gasteiger partial charge in [0.1, 0.15) is 43.0 Å². The number of nitrogens with zero attached hydrogens (tertiary/aromatic N) is 1. The minimum Gasteiger partial charge on any atom is -0.496 e. The summed E-state index contributed by atoms with van der Waals surface area (Å²) in [5, 5.41) is 12.4. The van der Waals surface area contributed by atoms with Crippen molar-refractivity contribution >= 4 is 17.7 Å². The van der Waals surface area contributed by atoms with Crippen molar-refractivity contribution in [2.24, 2.45) is 0 Å². The monoisotopic (exact) mass is 484 g/mol. The summed E-state index contributed by atoms with van der Waals surface area (Å²) < 4.78 is 22.5. The van der Waals surface area contributed by atoms with Gasteiger partial charge in [-0.1, -0.05) is 32.0 Å². The van der Waals surface area contributed by atoms with Crippen LogP contribution in [0, 0.1) is 11.3 Å². The highest BCUT2D eigenvalue weighted by Crippen LogP contribution is 2.33. The van der Waals surface area contributed by atoms with Gasteiger partial charge in [-0.25, -0.2) is 0 Å². The third-order valence-corrected chi connectivity index (χ3v) is 5.72. The fourth-order valence-electron chi connectivity index (χ4n) is 3.75. The number of amides is 1. The number of methoxy groups -OCH3 is 1. The van der Waals surface area contributed by atoms with Crippen LogP contribution in [-0.2, 0) is 11.4 Å². The van der Waals surface area contributed by atoms with Crippen LogP contribution >= 0.6 is 0 Å².